The smallest absolute Gasteiger partial charge is 0.263 e. The van der Waals surface area contributed by atoms with Crippen molar-refractivity contribution in [2.24, 2.45) is 5.84 Å². The first-order valence-corrected chi connectivity index (χ1v) is 6.19. The Kier molecular flexibility index (Phi) is 7.14. The van der Waals surface area contributed by atoms with Crippen molar-refractivity contribution >= 4 is 5.91 Å². The number of methoxy groups -OCH3 is 1. The fourth-order valence-corrected chi connectivity index (χ4v) is 2.07. The van der Waals surface area contributed by atoms with Gasteiger partial charge in [-0.2, -0.15) is 0 Å². The van der Waals surface area contributed by atoms with Gasteiger partial charge in [0.25, 0.3) is 5.91 Å². The molecule has 0 aromatic rings. The second-order valence-corrected chi connectivity index (χ2v) is 4.35. The third kappa shape index (κ3) is 4.87. The quantitative estimate of drug-likeness (QED) is 0.278. The summed E-state index contributed by atoms with van der Waals surface area (Å²) >= 11 is 0. The Bertz CT molecular complexity index is 252. The molecule has 7 heteroatoms. The van der Waals surface area contributed by atoms with Crippen molar-refractivity contribution in [2.75, 3.05) is 40.0 Å². The minimum absolute atomic E-state index is 0.00991. The van der Waals surface area contributed by atoms with Gasteiger partial charge in [0.05, 0.1) is 19.3 Å². The number of rotatable bonds is 8. The first kappa shape index (κ1) is 15.3. The van der Waals surface area contributed by atoms with Crippen molar-refractivity contribution < 1.29 is 19.4 Å². The van der Waals surface area contributed by atoms with Gasteiger partial charge in [0.2, 0.25) is 0 Å². The lowest BCUT2D eigenvalue weighted by Crippen LogP contribution is -2.41. The van der Waals surface area contributed by atoms with Crippen LogP contribution in [0.25, 0.3) is 0 Å². The number of amides is 1. The van der Waals surface area contributed by atoms with E-state index in [1.807, 2.05) is 0 Å². The molecule has 4 N–H and O–H groups in total. The highest BCUT2D eigenvalue weighted by molar-refractivity contribution is 5.80. The van der Waals surface area contributed by atoms with Gasteiger partial charge in [-0.3, -0.25) is 15.1 Å². The molecule has 1 heterocycles. The predicted octanol–water partition coefficient (Wildman–Crippen LogP) is -1.54. The first-order valence-electron chi connectivity index (χ1n) is 6.19. The fraction of sp³-hybridized carbons (Fsp3) is 0.909. The Hall–Kier alpha value is -0.730. The summed E-state index contributed by atoms with van der Waals surface area (Å²) in [6.07, 6.45) is 1.08. The number of aliphatic hydroxyl groups excluding tert-OH is 1. The van der Waals surface area contributed by atoms with Gasteiger partial charge in [-0.1, -0.05) is 0 Å². The molecule has 1 fully saturated rings. The van der Waals surface area contributed by atoms with Crippen molar-refractivity contribution in [3.05, 3.63) is 0 Å². The van der Waals surface area contributed by atoms with Crippen LogP contribution in [0.1, 0.15) is 12.8 Å². The van der Waals surface area contributed by atoms with Crippen LogP contribution in [-0.2, 0) is 14.3 Å². The number of ether oxygens (including phenoxy) is 2. The second-order valence-electron chi connectivity index (χ2n) is 4.35. The SMILES string of the molecule is COCCN(CCO)CC1CCC(C(=O)NN)O1. The number of carbonyl (C=O) groups is 1. The van der Waals surface area contributed by atoms with Gasteiger partial charge in [-0.05, 0) is 12.8 Å². The largest absolute Gasteiger partial charge is 0.395 e. The Labute approximate surface area is 107 Å². The van der Waals surface area contributed by atoms with Crippen molar-refractivity contribution in [3.63, 3.8) is 0 Å². The van der Waals surface area contributed by atoms with E-state index >= 15 is 0 Å². The summed E-state index contributed by atoms with van der Waals surface area (Å²) in [7, 11) is 1.64. The summed E-state index contributed by atoms with van der Waals surface area (Å²) < 4.78 is 10.6. The molecule has 0 aliphatic carbocycles. The van der Waals surface area contributed by atoms with Crippen LogP contribution in [0.5, 0.6) is 0 Å². The zero-order valence-corrected chi connectivity index (χ0v) is 10.8. The van der Waals surface area contributed by atoms with Gasteiger partial charge >= 0.3 is 0 Å². The standard InChI is InChI=1S/C11H23N3O4/c1-17-7-5-14(4-6-15)8-9-2-3-10(18-9)11(16)13-12/h9-10,15H,2-8,12H2,1H3,(H,13,16). The molecule has 2 unspecified atom stereocenters. The van der Waals surface area contributed by atoms with Gasteiger partial charge in [-0.15, -0.1) is 0 Å². The van der Waals surface area contributed by atoms with Gasteiger partial charge in [0.15, 0.2) is 0 Å². The molecule has 1 rings (SSSR count). The lowest BCUT2D eigenvalue weighted by Gasteiger charge is -2.24. The van der Waals surface area contributed by atoms with Crippen molar-refractivity contribution in [1.82, 2.24) is 10.3 Å². The molecule has 2 atom stereocenters. The van der Waals surface area contributed by atoms with E-state index in [4.69, 9.17) is 20.4 Å². The average Bonchev–Trinajstić information content (AvgIpc) is 2.83. The van der Waals surface area contributed by atoms with Gasteiger partial charge < -0.3 is 14.6 Å². The Balaban J connectivity index is 2.34. The fourth-order valence-electron chi connectivity index (χ4n) is 2.07. The summed E-state index contributed by atoms with van der Waals surface area (Å²) in [4.78, 5) is 13.4. The molecule has 1 amide bonds. The van der Waals surface area contributed by atoms with Crippen LogP contribution in [0.3, 0.4) is 0 Å². The number of hydrazine groups is 1. The Morgan fingerprint density at radius 3 is 2.94 bits per heavy atom. The average molecular weight is 261 g/mol. The van der Waals surface area contributed by atoms with E-state index in [2.05, 4.69) is 10.3 Å². The number of aliphatic hydroxyl groups is 1. The normalized spacial score (nSPS) is 23.6. The lowest BCUT2D eigenvalue weighted by molar-refractivity contribution is -0.132. The number of hydrogen-bond acceptors (Lipinski definition) is 6. The van der Waals surface area contributed by atoms with Crippen LogP contribution in [-0.4, -0.2) is 68.1 Å². The Morgan fingerprint density at radius 1 is 1.56 bits per heavy atom. The van der Waals surface area contributed by atoms with Crippen molar-refractivity contribution in [3.8, 4) is 0 Å². The molecule has 18 heavy (non-hydrogen) atoms. The lowest BCUT2D eigenvalue weighted by atomic mass is 10.2. The van der Waals surface area contributed by atoms with Gasteiger partial charge in [-0.25, -0.2) is 5.84 Å². The number of nitrogens with one attached hydrogen (secondary N) is 1. The highest BCUT2D eigenvalue weighted by Crippen LogP contribution is 2.20. The molecular weight excluding hydrogens is 238 g/mol. The van der Waals surface area contributed by atoms with E-state index in [-0.39, 0.29) is 18.6 Å². The molecule has 1 aliphatic heterocycles. The monoisotopic (exact) mass is 261 g/mol. The van der Waals surface area contributed by atoms with Gasteiger partial charge in [0.1, 0.15) is 6.10 Å². The molecular formula is C11H23N3O4. The maximum Gasteiger partial charge on any atom is 0.263 e. The maximum atomic E-state index is 11.3. The molecule has 0 radical (unpaired) electrons. The summed E-state index contributed by atoms with van der Waals surface area (Å²) in [5.74, 6) is 4.80. The minimum atomic E-state index is -0.446. The van der Waals surface area contributed by atoms with Crippen LogP contribution in [0.15, 0.2) is 0 Å². The summed E-state index contributed by atoms with van der Waals surface area (Å²) in [5, 5.41) is 8.98. The predicted molar refractivity (Wildman–Crippen MR) is 65.6 cm³/mol. The maximum absolute atomic E-state index is 11.3. The van der Waals surface area contributed by atoms with E-state index in [1.165, 1.54) is 0 Å². The number of carbonyl (C=O) groups excluding carboxylic acids is 1. The van der Waals surface area contributed by atoms with E-state index in [0.29, 0.717) is 26.1 Å². The number of hydrogen-bond donors (Lipinski definition) is 3. The summed E-state index contributed by atoms with van der Waals surface area (Å²) in [5.41, 5.74) is 2.10. The molecule has 106 valence electrons. The first-order chi connectivity index (χ1) is 8.71. The molecule has 1 aliphatic rings. The summed E-state index contributed by atoms with van der Waals surface area (Å²) in [6, 6.07) is 0. The van der Waals surface area contributed by atoms with Crippen LogP contribution < -0.4 is 11.3 Å². The molecule has 7 nitrogen and oxygen atoms in total. The van der Waals surface area contributed by atoms with Crippen molar-refractivity contribution in [1.29, 1.82) is 0 Å². The van der Waals surface area contributed by atoms with E-state index in [0.717, 1.165) is 13.0 Å². The highest BCUT2D eigenvalue weighted by atomic mass is 16.5. The van der Waals surface area contributed by atoms with E-state index < -0.39 is 6.10 Å². The van der Waals surface area contributed by atoms with Crippen molar-refractivity contribution in [2.45, 2.75) is 25.0 Å². The van der Waals surface area contributed by atoms with E-state index in [1.54, 1.807) is 7.11 Å². The van der Waals surface area contributed by atoms with Crippen LogP contribution in [0, 0.1) is 0 Å². The third-order valence-electron chi connectivity index (χ3n) is 3.03. The highest BCUT2D eigenvalue weighted by Gasteiger charge is 2.31. The number of nitrogens with zero attached hydrogens (tertiary/aromatic N) is 1. The third-order valence-corrected chi connectivity index (χ3v) is 3.03. The topological polar surface area (TPSA) is 97.1 Å². The molecule has 1 saturated heterocycles. The zero-order valence-electron chi connectivity index (χ0n) is 10.8. The molecule has 0 aromatic heterocycles. The summed E-state index contributed by atoms with van der Waals surface area (Å²) in [6.45, 7) is 2.72. The minimum Gasteiger partial charge on any atom is -0.395 e. The molecule has 0 bridgehead atoms. The van der Waals surface area contributed by atoms with Gasteiger partial charge in [0, 0.05) is 26.7 Å². The second kappa shape index (κ2) is 8.39. The number of nitrogens with two attached hydrogens (primary N) is 1. The zero-order chi connectivity index (χ0) is 13.4. The molecule has 0 saturated carbocycles. The molecule has 0 spiro atoms. The van der Waals surface area contributed by atoms with Crippen LogP contribution >= 0.6 is 0 Å². The van der Waals surface area contributed by atoms with E-state index in [9.17, 15) is 4.79 Å². The van der Waals surface area contributed by atoms with Crippen LogP contribution in [0.4, 0.5) is 0 Å². The Morgan fingerprint density at radius 2 is 2.33 bits per heavy atom. The van der Waals surface area contributed by atoms with Crippen LogP contribution in [0.2, 0.25) is 0 Å². The molecule has 0 aromatic carbocycles.